The third-order valence-electron chi connectivity index (χ3n) is 5.80. The minimum absolute atomic E-state index is 0. The fourth-order valence-electron chi connectivity index (χ4n) is 3.90. The Morgan fingerprint density at radius 2 is 1.94 bits per heavy atom. The first kappa shape index (κ1) is 25.7. The average molecular weight is 514 g/mol. The van der Waals surface area contributed by atoms with Crippen LogP contribution in [-0.4, -0.2) is 55.4 Å². The maximum Gasteiger partial charge on any atom is 0.268 e. The smallest absolute Gasteiger partial charge is 0.268 e. The van der Waals surface area contributed by atoms with Gasteiger partial charge in [-0.25, -0.2) is 9.37 Å². The summed E-state index contributed by atoms with van der Waals surface area (Å²) in [7, 11) is 0.690. The summed E-state index contributed by atoms with van der Waals surface area (Å²) in [6.45, 7) is 3.53. The highest BCUT2D eigenvalue weighted by Crippen LogP contribution is 2.29. The predicted molar refractivity (Wildman–Crippen MR) is 135 cm³/mol. The van der Waals surface area contributed by atoms with Crippen molar-refractivity contribution in [3.8, 4) is 34.3 Å². The van der Waals surface area contributed by atoms with Crippen LogP contribution in [0.25, 0.3) is 34.3 Å². The van der Waals surface area contributed by atoms with Crippen LogP contribution in [0, 0.1) is 12.7 Å². The van der Waals surface area contributed by atoms with Crippen LogP contribution in [0.1, 0.15) is 19.1 Å². The summed E-state index contributed by atoms with van der Waals surface area (Å²) in [5.74, 6) is -0.210. The summed E-state index contributed by atoms with van der Waals surface area (Å²) in [5.41, 5.74) is 3.48. The second-order valence-corrected chi connectivity index (χ2v) is 9.99. The fraction of sp³-hybridized carbons (Fsp3) is 0.280. The highest BCUT2D eigenvalue weighted by molar-refractivity contribution is 7.85. The van der Waals surface area contributed by atoms with Crippen molar-refractivity contribution in [2.24, 2.45) is 0 Å². The maximum absolute atomic E-state index is 14.6. The first-order valence-corrected chi connectivity index (χ1v) is 12.4. The van der Waals surface area contributed by atoms with Crippen LogP contribution < -0.4 is 5.32 Å². The lowest BCUT2D eigenvalue weighted by molar-refractivity contribution is 0.199. The van der Waals surface area contributed by atoms with Gasteiger partial charge in [0.1, 0.15) is 11.5 Å². The molecule has 0 radical (unpaired) electrons. The van der Waals surface area contributed by atoms with E-state index >= 15 is 0 Å². The van der Waals surface area contributed by atoms with Gasteiger partial charge in [0.25, 0.3) is 11.8 Å². The number of benzene rings is 2. The number of hydrogen-bond donors (Lipinski definition) is 1. The normalized spacial score (nSPS) is 16.0. The topological polar surface area (TPSA) is 135 Å². The Morgan fingerprint density at radius 1 is 1.17 bits per heavy atom. The lowest BCUT2D eigenvalue weighted by atomic mass is 10.1. The Hall–Kier alpha value is -3.38. The molecule has 11 heteroatoms. The molecule has 36 heavy (non-hydrogen) atoms. The number of ether oxygens (including phenoxy) is 1. The Labute approximate surface area is 211 Å². The van der Waals surface area contributed by atoms with Gasteiger partial charge in [0.15, 0.2) is 0 Å². The molecule has 3 heterocycles. The SMILES string of the molecule is CNCc1ccc(-c2nnc(-c3nc(-c4ccc(S(=O)C5CCOC5)cc4)cnc3C)o2)c(F)c1.O.[HH]. The van der Waals surface area contributed by atoms with Crippen LogP contribution in [0.5, 0.6) is 0 Å². The Balaban J connectivity index is 0.00000190. The summed E-state index contributed by atoms with van der Waals surface area (Å²) in [6, 6.07) is 12.3. The monoisotopic (exact) mass is 513 g/mol. The molecule has 9 nitrogen and oxygen atoms in total. The van der Waals surface area contributed by atoms with Crippen molar-refractivity contribution < 1.29 is 24.7 Å². The quantitative estimate of drug-likeness (QED) is 0.398. The van der Waals surface area contributed by atoms with E-state index in [4.69, 9.17) is 9.15 Å². The van der Waals surface area contributed by atoms with Crippen molar-refractivity contribution in [2.45, 2.75) is 30.0 Å². The van der Waals surface area contributed by atoms with Crippen molar-refractivity contribution >= 4 is 10.8 Å². The molecule has 0 spiro atoms. The molecule has 3 N–H and O–H groups in total. The largest absolute Gasteiger partial charge is 0.414 e. The van der Waals surface area contributed by atoms with E-state index in [2.05, 4.69) is 25.5 Å². The number of halogens is 1. The first-order valence-electron chi connectivity index (χ1n) is 11.2. The van der Waals surface area contributed by atoms with Gasteiger partial charge in [-0.3, -0.25) is 9.19 Å². The van der Waals surface area contributed by atoms with Gasteiger partial charge in [-0.2, -0.15) is 0 Å². The van der Waals surface area contributed by atoms with Gasteiger partial charge >= 0.3 is 0 Å². The molecule has 2 unspecified atom stereocenters. The molecule has 1 aliphatic heterocycles. The predicted octanol–water partition coefficient (Wildman–Crippen LogP) is 3.35. The van der Waals surface area contributed by atoms with Crippen molar-refractivity contribution in [1.29, 1.82) is 0 Å². The molecule has 5 rings (SSSR count). The summed E-state index contributed by atoms with van der Waals surface area (Å²) in [6.07, 6.45) is 2.46. The van der Waals surface area contributed by atoms with Crippen molar-refractivity contribution in [1.82, 2.24) is 25.5 Å². The second-order valence-electron chi connectivity index (χ2n) is 8.25. The molecule has 0 amide bonds. The third kappa shape index (κ3) is 5.24. The Kier molecular flexibility index (Phi) is 7.94. The lowest BCUT2D eigenvalue weighted by Gasteiger charge is -2.09. The molecule has 0 aliphatic carbocycles. The van der Waals surface area contributed by atoms with E-state index in [1.807, 2.05) is 24.3 Å². The van der Waals surface area contributed by atoms with Crippen LogP contribution in [0.4, 0.5) is 4.39 Å². The Morgan fingerprint density at radius 3 is 2.64 bits per heavy atom. The number of aryl methyl sites for hydroxylation is 1. The molecule has 4 aromatic rings. The van der Waals surface area contributed by atoms with Gasteiger partial charge in [0.2, 0.25) is 0 Å². The summed E-state index contributed by atoms with van der Waals surface area (Å²) in [5, 5.41) is 11.1. The zero-order valence-electron chi connectivity index (χ0n) is 19.8. The van der Waals surface area contributed by atoms with Crippen LogP contribution in [0.15, 0.2) is 58.0 Å². The summed E-state index contributed by atoms with van der Waals surface area (Å²) >= 11 is 0. The zero-order chi connectivity index (χ0) is 24.4. The van der Waals surface area contributed by atoms with Gasteiger partial charge in [0, 0.05) is 25.0 Å². The minimum atomic E-state index is -1.11. The number of aromatic nitrogens is 4. The van der Waals surface area contributed by atoms with E-state index < -0.39 is 16.6 Å². The Bertz CT molecular complexity index is 1380. The van der Waals surface area contributed by atoms with E-state index in [9.17, 15) is 8.60 Å². The molecule has 2 atom stereocenters. The van der Waals surface area contributed by atoms with Crippen LogP contribution in [0.2, 0.25) is 0 Å². The molecular weight excluding hydrogens is 485 g/mol. The zero-order valence-corrected chi connectivity index (χ0v) is 20.6. The molecule has 1 saturated heterocycles. The lowest BCUT2D eigenvalue weighted by Crippen LogP contribution is -2.14. The van der Waals surface area contributed by atoms with Gasteiger partial charge in [-0.05, 0) is 50.2 Å². The van der Waals surface area contributed by atoms with Gasteiger partial charge < -0.3 is 19.9 Å². The molecule has 2 aromatic carbocycles. The number of rotatable bonds is 7. The molecule has 2 aromatic heterocycles. The van der Waals surface area contributed by atoms with Gasteiger partial charge in [-0.1, -0.05) is 18.2 Å². The fourth-order valence-corrected chi connectivity index (χ4v) is 5.22. The first-order chi connectivity index (χ1) is 17.0. The van der Waals surface area contributed by atoms with E-state index in [1.54, 1.807) is 32.3 Å². The highest BCUT2D eigenvalue weighted by atomic mass is 32.2. The van der Waals surface area contributed by atoms with Gasteiger partial charge in [-0.15, -0.1) is 10.2 Å². The van der Waals surface area contributed by atoms with E-state index in [0.717, 1.165) is 22.4 Å². The number of nitrogens with zero attached hydrogens (tertiary/aromatic N) is 4. The molecular formula is C25H28FN5O4S. The summed E-state index contributed by atoms with van der Waals surface area (Å²) in [4.78, 5) is 9.87. The van der Waals surface area contributed by atoms with E-state index in [-0.39, 0.29) is 29.5 Å². The standard InChI is InChI=1S/C25H24FN5O3S.H2O.H2/c1-15-23(25-31-30-24(34-25)20-8-3-16(12-27-2)11-21(20)26)29-22(13-28-15)17-4-6-18(7-5-17)35(32)19-9-10-33-14-19;;/h3-8,11,13,19,27H,9-10,12,14H2,1-2H3;1H2;1H. The molecule has 0 saturated carbocycles. The van der Waals surface area contributed by atoms with E-state index in [0.29, 0.717) is 36.8 Å². The molecule has 1 fully saturated rings. The van der Waals surface area contributed by atoms with E-state index in [1.165, 1.54) is 6.07 Å². The van der Waals surface area contributed by atoms with Crippen molar-refractivity contribution in [3.05, 3.63) is 65.7 Å². The maximum atomic E-state index is 14.6. The highest BCUT2D eigenvalue weighted by Gasteiger charge is 2.23. The molecule has 0 bridgehead atoms. The molecule has 1 aliphatic rings. The molecule has 190 valence electrons. The van der Waals surface area contributed by atoms with Crippen LogP contribution >= 0.6 is 0 Å². The van der Waals surface area contributed by atoms with Crippen LogP contribution in [0.3, 0.4) is 0 Å². The number of nitrogens with one attached hydrogen (secondary N) is 1. The second kappa shape index (κ2) is 11.1. The van der Waals surface area contributed by atoms with Crippen LogP contribution in [-0.2, 0) is 22.1 Å². The minimum Gasteiger partial charge on any atom is -0.414 e. The average Bonchev–Trinajstić information content (AvgIpc) is 3.57. The number of hydrogen-bond acceptors (Lipinski definition) is 8. The third-order valence-corrected chi connectivity index (χ3v) is 7.51. The summed E-state index contributed by atoms with van der Waals surface area (Å²) < 4.78 is 38.5. The van der Waals surface area contributed by atoms with Gasteiger partial charge in [0.05, 0.1) is 45.8 Å². The van der Waals surface area contributed by atoms with Crippen molar-refractivity contribution in [2.75, 3.05) is 20.3 Å². The van der Waals surface area contributed by atoms with Crippen molar-refractivity contribution in [3.63, 3.8) is 0 Å².